The molecule has 0 radical (unpaired) electrons. The highest BCUT2D eigenvalue weighted by atomic mass is 28.4. The highest BCUT2D eigenvalue weighted by molar-refractivity contribution is 6.74. The Morgan fingerprint density at radius 1 is 0.465 bits per heavy atom. The molecular formula is C70H82F6N18O5Si2. The largest absolute Gasteiger partial charge is 0.417 e. The van der Waals surface area contributed by atoms with Gasteiger partial charge < -0.3 is 47.5 Å². The van der Waals surface area contributed by atoms with Crippen LogP contribution >= 0.6 is 0 Å². The number of alkyl halides is 6. The average Bonchev–Trinajstić information content (AvgIpc) is 1.64. The van der Waals surface area contributed by atoms with Gasteiger partial charge in [-0.25, -0.2) is 43.9 Å². The lowest BCUT2D eigenvalue weighted by atomic mass is 10.1. The Bertz CT molecular complexity index is 4710. The predicted molar refractivity (Wildman–Crippen MR) is 386 cm³/mol. The maximum Gasteiger partial charge on any atom is 0.416 e. The Morgan fingerprint density at radius 2 is 0.782 bits per heavy atom. The van der Waals surface area contributed by atoms with Crippen molar-refractivity contribution < 1.29 is 49.9 Å². The number of halogens is 6. The second kappa shape index (κ2) is 30.7. The van der Waals surface area contributed by atoms with Crippen LogP contribution in [0.25, 0.3) is 66.9 Å². The molecule has 5 aromatic carbocycles. The van der Waals surface area contributed by atoms with Gasteiger partial charge in [-0.1, -0.05) is 90.1 Å². The molecule has 6 aromatic heterocycles. The topological polar surface area (TPSA) is 332 Å². The van der Waals surface area contributed by atoms with Crippen LogP contribution in [0.15, 0.2) is 140 Å². The number of nitrogens with one attached hydrogen (secondary N) is 2. The van der Waals surface area contributed by atoms with Crippen molar-refractivity contribution in [3.05, 3.63) is 163 Å². The van der Waals surface area contributed by atoms with E-state index in [9.17, 15) is 35.9 Å². The summed E-state index contributed by atoms with van der Waals surface area (Å²) in [5, 5.41) is 30.7. The van der Waals surface area contributed by atoms with Crippen molar-refractivity contribution in [2.75, 3.05) is 53.4 Å². The number of anilines is 6. The molecule has 0 aliphatic carbocycles. The van der Waals surface area contributed by atoms with E-state index in [4.69, 9.17) is 47.1 Å². The zero-order valence-corrected chi connectivity index (χ0v) is 59.7. The van der Waals surface area contributed by atoms with Gasteiger partial charge in [-0.2, -0.15) is 41.6 Å². The maximum absolute atomic E-state index is 13.0. The van der Waals surface area contributed by atoms with Crippen molar-refractivity contribution in [2.45, 2.75) is 129 Å². The fourth-order valence-corrected chi connectivity index (χ4v) is 12.2. The minimum Gasteiger partial charge on any atom is -0.417 e. The summed E-state index contributed by atoms with van der Waals surface area (Å²) in [6, 6.07) is 29.5. The van der Waals surface area contributed by atoms with Crippen LogP contribution in [0.3, 0.4) is 0 Å². The van der Waals surface area contributed by atoms with Crippen molar-refractivity contribution in [2.24, 2.45) is 0 Å². The van der Waals surface area contributed by atoms with Gasteiger partial charge in [-0.3, -0.25) is 9.59 Å². The van der Waals surface area contributed by atoms with Crippen LogP contribution in [0.2, 0.25) is 36.3 Å². The van der Waals surface area contributed by atoms with Gasteiger partial charge in [0.25, 0.3) is 11.8 Å². The summed E-state index contributed by atoms with van der Waals surface area (Å²) in [7, 11) is -3.60. The number of benzene rings is 5. The van der Waals surface area contributed by atoms with Crippen LogP contribution in [0.5, 0.6) is 0 Å². The summed E-state index contributed by atoms with van der Waals surface area (Å²) >= 11 is 0. The lowest BCUT2D eigenvalue weighted by Crippen LogP contribution is -2.41. The number of aromatic nitrogens is 12. The number of carbonyl (C=O) groups excluding carboxylic acids is 2. The van der Waals surface area contributed by atoms with Gasteiger partial charge in [0.1, 0.15) is 53.5 Å². The lowest BCUT2D eigenvalue weighted by molar-refractivity contribution is -0.138. The van der Waals surface area contributed by atoms with Gasteiger partial charge in [-0.15, -0.1) is 0 Å². The van der Waals surface area contributed by atoms with E-state index in [1.807, 2.05) is 28.9 Å². The number of aliphatic hydroxyl groups is 1. The number of amides is 2. The molecule has 0 saturated carbocycles. The highest BCUT2D eigenvalue weighted by Gasteiger charge is 2.38. The molecule has 0 unspecified atom stereocenters. The van der Waals surface area contributed by atoms with Crippen molar-refractivity contribution in [1.82, 2.24) is 59.2 Å². The second-order valence-corrected chi connectivity index (χ2v) is 36.6. The molecule has 11 aromatic rings. The number of fused-ring (bicyclic) bond motifs is 3. The average molecular weight is 1430 g/mol. The molecule has 23 nitrogen and oxygen atoms in total. The fourth-order valence-electron chi connectivity index (χ4n) is 10.0. The summed E-state index contributed by atoms with van der Waals surface area (Å²) in [4.78, 5) is 50.4. The lowest BCUT2D eigenvalue weighted by Gasteiger charge is -2.36. The Morgan fingerprint density at radius 3 is 1.09 bits per heavy atom. The summed E-state index contributed by atoms with van der Waals surface area (Å²) in [6.45, 7) is 25.3. The highest BCUT2D eigenvalue weighted by Crippen LogP contribution is 2.40. The van der Waals surface area contributed by atoms with E-state index in [1.54, 1.807) is 57.9 Å². The van der Waals surface area contributed by atoms with Crippen LogP contribution in [0, 0.1) is 0 Å². The monoisotopic (exact) mass is 1420 g/mol. The number of rotatable bonds is 20. The smallest absolute Gasteiger partial charge is 0.416 e. The minimum absolute atomic E-state index is 0.00245. The van der Waals surface area contributed by atoms with Crippen molar-refractivity contribution in [3.63, 3.8) is 0 Å². The third kappa shape index (κ3) is 18.0. The van der Waals surface area contributed by atoms with Gasteiger partial charge in [0.15, 0.2) is 33.6 Å². The first-order valence-corrected chi connectivity index (χ1v) is 38.2. The molecular weight excluding hydrogens is 1340 g/mol. The van der Waals surface area contributed by atoms with Crippen LogP contribution in [-0.4, -0.2) is 113 Å². The molecule has 0 aliphatic rings. The molecule has 0 fully saturated rings. The zero-order chi connectivity index (χ0) is 73.4. The number of aliphatic hydroxyl groups excluding tert-OH is 1. The number of hydrogen-bond acceptors (Lipinski definition) is 18. The number of hydrogen-bond donors (Lipinski definition) is 7. The SMILES string of the molecule is CC(C)(C)[Si](C)(C)OCCCn1nc(-c2ccc(N)cc2)c2c(N)ncnc21.CC(C)(C)[Si](C)(C)OCCCn1nc(-c2ccc(NC(=O)c3cccc(C(F)(F)F)c3)cc2)c2c(N)ncnc21.Nc1ncnc2c1c(-c1ccc(NC(=O)c3cccc(C(F)(F)F)c3)cc1)nn2CCCO. The van der Waals surface area contributed by atoms with Gasteiger partial charge in [0, 0.05) is 84.3 Å². The summed E-state index contributed by atoms with van der Waals surface area (Å²) in [5.41, 5.74) is 29.9. The first-order valence-electron chi connectivity index (χ1n) is 32.4. The molecule has 2 amide bonds. The minimum atomic E-state index is -4.53. The first-order chi connectivity index (χ1) is 47.5. The summed E-state index contributed by atoms with van der Waals surface area (Å²) in [6.07, 6.45) is -2.76. The molecule has 0 atom stereocenters. The van der Waals surface area contributed by atoms with Gasteiger partial charge in [0.2, 0.25) is 0 Å². The maximum atomic E-state index is 13.0. The Balaban J connectivity index is 0.000000179. The van der Waals surface area contributed by atoms with Gasteiger partial charge in [-0.05, 0) is 128 Å². The molecule has 0 aliphatic heterocycles. The molecule has 101 heavy (non-hydrogen) atoms. The molecule has 11 rings (SSSR count). The molecule has 0 spiro atoms. The van der Waals surface area contributed by atoms with E-state index in [-0.39, 0.29) is 33.6 Å². The second-order valence-electron chi connectivity index (χ2n) is 26.9. The van der Waals surface area contributed by atoms with Gasteiger partial charge in [0.05, 0.1) is 27.3 Å². The predicted octanol–water partition coefficient (Wildman–Crippen LogP) is 14.6. The first kappa shape index (κ1) is 75.0. The number of nitrogens with zero attached hydrogens (tertiary/aromatic N) is 12. The van der Waals surface area contributed by atoms with E-state index in [0.717, 1.165) is 65.0 Å². The van der Waals surface area contributed by atoms with E-state index in [2.05, 4.69) is 113 Å². The molecule has 0 bridgehead atoms. The normalized spacial score (nSPS) is 12.3. The molecule has 31 heteroatoms. The number of aryl methyl sites for hydroxylation is 3. The van der Waals surface area contributed by atoms with Crippen molar-refractivity contribution in [3.8, 4) is 33.8 Å². The zero-order valence-electron chi connectivity index (χ0n) is 57.7. The Labute approximate surface area is 581 Å². The van der Waals surface area contributed by atoms with Gasteiger partial charge >= 0.3 is 12.4 Å². The third-order valence-electron chi connectivity index (χ3n) is 17.7. The molecule has 532 valence electrons. The van der Waals surface area contributed by atoms with Crippen molar-refractivity contribution >= 4 is 96.1 Å². The fraction of sp³-hybridized carbons (Fsp3) is 0.329. The Hall–Kier alpha value is -10.2. The number of nitrogens with two attached hydrogens (primary N) is 4. The summed E-state index contributed by atoms with van der Waals surface area (Å²) in [5.74, 6) is -0.324. The molecule has 6 heterocycles. The van der Waals surface area contributed by atoms with Crippen molar-refractivity contribution in [1.29, 1.82) is 0 Å². The van der Waals surface area contributed by atoms with E-state index in [0.29, 0.717) is 107 Å². The standard InChI is InChI=1S/C28H33F3N6O2Si.C22H19F3N6O2.C20H30N6OSi/c1-27(2,3)40(4,5)39-15-7-14-37-25-22(24(32)33-17-34-25)23(36-37)18-10-12-21(13-11-18)35-26(38)19-8-6-9-20(16-19)28(29,30)31;23-22(24,25)15-4-1-3-14(11-15)21(33)29-16-7-5-13(6-8-16)18-17-19(26)27-12-28-20(17)31(30-18)9-2-10-32;1-20(2,3)28(4,5)27-12-6-11-26-19-16(18(22)23-13-24-19)17(25-26)14-7-9-15(21)10-8-14/h6,8-13,16-17H,7,14-15H2,1-5H3,(H,35,38)(H2,32,33,34);1,3-8,11-12,32H,2,9-10H2,(H,29,33)(H2,26,27,28);7-10,13H,6,11-12,21H2,1-5H3,(H2,22,23,24). The quantitative estimate of drug-likeness (QED) is 0.0161. The summed E-state index contributed by atoms with van der Waals surface area (Å²) < 4.78 is 95.7. The molecule has 0 saturated heterocycles. The van der Waals surface area contributed by atoms with Crippen LogP contribution in [-0.2, 0) is 40.8 Å². The molecule has 11 N–H and O–H groups in total. The van der Waals surface area contributed by atoms with E-state index in [1.165, 1.54) is 43.2 Å². The van der Waals surface area contributed by atoms with E-state index < -0.39 is 51.9 Å². The van der Waals surface area contributed by atoms with E-state index >= 15 is 0 Å². The number of nitrogen functional groups attached to an aromatic ring is 4. The van der Waals surface area contributed by atoms with Crippen LogP contribution < -0.4 is 33.6 Å². The Kier molecular flexibility index (Phi) is 22.8. The third-order valence-corrected chi connectivity index (χ3v) is 26.8. The van der Waals surface area contributed by atoms with Crippen LogP contribution in [0.4, 0.5) is 60.9 Å². The number of carbonyl (C=O) groups is 2. The van der Waals surface area contributed by atoms with Crippen LogP contribution in [0.1, 0.15) is 92.6 Å².